The van der Waals surface area contributed by atoms with E-state index in [0.717, 1.165) is 0 Å². The summed E-state index contributed by atoms with van der Waals surface area (Å²) in [5, 5.41) is 11.1. The van der Waals surface area contributed by atoms with Crippen LogP contribution in [0.15, 0.2) is 17.8 Å². The van der Waals surface area contributed by atoms with Crippen LogP contribution in [0.2, 0.25) is 5.02 Å². The number of halogens is 1. The molecule has 0 aliphatic carbocycles. The van der Waals surface area contributed by atoms with Gasteiger partial charge in [-0.25, -0.2) is 4.98 Å². The first kappa shape index (κ1) is 8.30. The van der Waals surface area contributed by atoms with Crippen molar-refractivity contribution in [3.63, 3.8) is 0 Å². The van der Waals surface area contributed by atoms with E-state index in [4.69, 9.17) is 16.9 Å². The van der Waals surface area contributed by atoms with Gasteiger partial charge < -0.3 is 4.98 Å². The molecule has 0 aliphatic heterocycles. The first-order chi connectivity index (χ1) is 6.33. The minimum Gasteiger partial charge on any atom is -0.345 e. The molecule has 0 amide bonds. The highest BCUT2D eigenvalue weighted by atomic mass is 35.5. The van der Waals surface area contributed by atoms with Crippen LogP contribution in [0.1, 0.15) is 4.88 Å². The van der Waals surface area contributed by atoms with E-state index in [1.54, 1.807) is 17.8 Å². The average Bonchev–Trinajstić information content (AvgIpc) is 2.72. The maximum absolute atomic E-state index is 8.79. The quantitative estimate of drug-likeness (QED) is 0.785. The number of rotatable bonds is 1. The molecule has 1 N–H and O–H groups in total. The zero-order chi connectivity index (χ0) is 9.26. The summed E-state index contributed by atoms with van der Waals surface area (Å²) >= 11 is 7.24. The highest BCUT2D eigenvalue weighted by Gasteiger charge is 2.13. The summed E-state index contributed by atoms with van der Waals surface area (Å²) in [6.45, 7) is 0. The van der Waals surface area contributed by atoms with E-state index in [-0.39, 0.29) is 0 Å². The van der Waals surface area contributed by atoms with Crippen molar-refractivity contribution >= 4 is 22.9 Å². The third-order valence-electron chi connectivity index (χ3n) is 1.58. The monoisotopic (exact) mass is 209 g/mol. The number of aromatic nitrogens is 2. The van der Waals surface area contributed by atoms with Crippen LogP contribution in [0.4, 0.5) is 0 Å². The van der Waals surface area contributed by atoms with Crippen molar-refractivity contribution in [2.45, 2.75) is 0 Å². The molecule has 0 radical (unpaired) electrons. The first-order valence-corrected chi connectivity index (χ1v) is 4.75. The van der Waals surface area contributed by atoms with E-state index < -0.39 is 0 Å². The molecule has 2 aromatic rings. The van der Waals surface area contributed by atoms with Gasteiger partial charge in [-0.3, -0.25) is 0 Å². The third kappa shape index (κ3) is 1.32. The number of imidazole rings is 1. The molecular weight excluding hydrogens is 206 g/mol. The molecule has 5 heteroatoms. The number of nitriles is 1. The molecule has 0 spiro atoms. The maximum Gasteiger partial charge on any atom is 0.140 e. The van der Waals surface area contributed by atoms with Crippen LogP contribution in [0, 0.1) is 11.3 Å². The Morgan fingerprint density at radius 1 is 1.62 bits per heavy atom. The zero-order valence-electron chi connectivity index (χ0n) is 6.41. The lowest BCUT2D eigenvalue weighted by Crippen LogP contribution is -1.80. The standard InChI is InChI=1S/C8H4ClN3S/c9-5-4-13-6(3-10)7(5)8-11-1-2-12-8/h1-2,4H,(H,11,12). The Morgan fingerprint density at radius 2 is 2.46 bits per heavy atom. The van der Waals surface area contributed by atoms with Gasteiger partial charge in [-0.15, -0.1) is 11.3 Å². The largest absolute Gasteiger partial charge is 0.345 e. The van der Waals surface area contributed by atoms with Gasteiger partial charge in [0, 0.05) is 17.8 Å². The van der Waals surface area contributed by atoms with Crippen molar-refractivity contribution in [1.82, 2.24) is 9.97 Å². The van der Waals surface area contributed by atoms with Crippen LogP contribution in [-0.4, -0.2) is 9.97 Å². The molecule has 0 atom stereocenters. The Kier molecular flexibility index (Phi) is 2.05. The second kappa shape index (κ2) is 3.21. The number of hydrogen-bond donors (Lipinski definition) is 1. The van der Waals surface area contributed by atoms with Crippen LogP contribution < -0.4 is 0 Å². The Bertz CT molecular complexity index is 452. The summed E-state index contributed by atoms with van der Waals surface area (Å²) in [4.78, 5) is 7.54. The number of thiophene rings is 1. The fourth-order valence-corrected chi connectivity index (χ4v) is 2.13. The zero-order valence-corrected chi connectivity index (χ0v) is 7.99. The average molecular weight is 210 g/mol. The molecule has 0 aliphatic rings. The van der Waals surface area contributed by atoms with Gasteiger partial charge in [0.1, 0.15) is 16.8 Å². The molecule has 13 heavy (non-hydrogen) atoms. The summed E-state index contributed by atoms with van der Waals surface area (Å²) in [7, 11) is 0. The normalized spacial score (nSPS) is 9.85. The van der Waals surface area contributed by atoms with Crippen molar-refractivity contribution < 1.29 is 0 Å². The highest BCUT2D eigenvalue weighted by Crippen LogP contribution is 2.33. The Morgan fingerprint density at radius 3 is 3.08 bits per heavy atom. The topological polar surface area (TPSA) is 52.5 Å². The molecule has 0 saturated carbocycles. The Hall–Kier alpha value is -1.31. The number of nitrogens with one attached hydrogen (secondary N) is 1. The van der Waals surface area contributed by atoms with Gasteiger partial charge in [-0.1, -0.05) is 11.6 Å². The molecule has 2 rings (SSSR count). The SMILES string of the molecule is N#Cc1scc(Cl)c1-c1ncc[nH]1. The van der Waals surface area contributed by atoms with E-state index in [1.807, 2.05) is 0 Å². The highest BCUT2D eigenvalue weighted by molar-refractivity contribution is 7.11. The van der Waals surface area contributed by atoms with E-state index in [9.17, 15) is 0 Å². The molecule has 0 aromatic carbocycles. The van der Waals surface area contributed by atoms with Crippen LogP contribution in [0.3, 0.4) is 0 Å². The number of hydrogen-bond acceptors (Lipinski definition) is 3. The van der Waals surface area contributed by atoms with E-state index in [2.05, 4.69) is 16.0 Å². The molecule has 0 saturated heterocycles. The first-order valence-electron chi connectivity index (χ1n) is 3.49. The summed E-state index contributed by atoms with van der Waals surface area (Å²) in [6.07, 6.45) is 3.33. The molecule has 0 unspecified atom stereocenters. The Labute approximate surface area is 83.6 Å². The van der Waals surface area contributed by atoms with Crippen molar-refractivity contribution in [3.05, 3.63) is 27.7 Å². The fraction of sp³-hybridized carbons (Fsp3) is 0. The lowest BCUT2D eigenvalue weighted by molar-refractivity contribution is 1.31. The number of nitrogens with zero attached hydrogens (tertiary/aromatic N) is 2. The van der Waals surface area contributed by atoms with Gasteiger partial charge in [0.15, 0.2) is 0 Å². The molecule has 3 nitrogen and oxygen atoms in total. The second-order valence-electron chi connectivity index (χ2n) is 2.34. The number of aromatic amines is 1. The van der Waals surface area contributed by atoms with Gasteiger partial charge in [0.05, 0.1) is 10.6 Å². The van der Waals surface area contributed by atoms with Crippen LogP contribution in [0.25, 0.3) is 11.4 Å². The third-order valence-corrected chi connectivity index (χ3v) is 2.89. The summed E-state index contributed by atoms with van der Waals surface area (Å²) in [5.41, 5.74) is 0.694. The van der Waals surface area contributed by atoms with Crippen LogP contribution in [0.5, 0.6) is 0 Å². The molecule has 0 bridgehead atoms. The van der Waals surface area contributed by atoms with Crippen LogP contribution in [-0.2, 0) is 0 Å². The smallest absolute Gasteiger partial charge is 0.140 e. The van der Waals surface area contributed by atoms with Crippen LogP contribution >= 0.6 is 22.9 Å². The minimum atomic E-state index is 0.566. The van der Waals surface area contributed by atoms with E-state index in [1.165, 1.54) is 11.3 Å². The van der Waals surface area contributed by atoms with Gasteiger partial charge in [0.25, 0.3) is 0 Å². The van der Waals surface area contributed by atoms with Gasteiger partial charge in [-0.05, 0) is 0 Å². The fourth-order valence-electron chi connectivity index (χ4n) is 1.04. The lowest BCUT2D eigenvalue weighted by atomic mass is 10.2. The predicted molar refractivity (Wildman–Crippen MR) is 51.6 cm³/mol. The summed E-state index contributed by atoms with van der Waals surface area (Å²) < 4.78 is 0. The van der Waals surface area contributed by atoms with Gasteiger partial charge >= 0.3 is 0 Å². The lowest BCUT2D eigenvalue weighted by Gasteiger charge is -1.92. The van der Waals surface area contributed by atoms with Crippen molar-refractivity contribution in [2.24, 2.45) is 0 Å². The predicted octanol–water partition coefficient (Wildman–Crippen LogP) is 2.66. The minimum absolute atomic E-state index is 0.566. The van der Waals surface area contributed by atoms with Crippen molar-refractivity contribution in [3.8, 4) is 17.5 Å². The molecule has 2 heterocycles. The molecule has 64 valence electrons. The van der Waals surface area contributed by atoms with Gasteiger partial charge in [0.2, 0.25) is 0 Å². The van der Waals surface area contributed by atoms with E-state index in [0.29, 0.717) is 21.3 Å². The van der Waals surface area contributed by atoms with Gasteiger partial charge in [-0.2, -0.15) is 5.26 Å². The molecule has 2 aromatic heterocycles. The molecular formula is C8H4ClN3S. The second-order valence-corrected chi connectivity index (χ2v) is 3.62. The van der Waals surface area contributed by atoms with E-state index >= 15 is 0 Å². The van der Waals surface area contributed by atoms with Crippen molar-refractivity contribution in [1.29, 1.82) is 5.26 Å². The summed E-state index contributed by atoms with van der Waals surface area (Å²) in [6, 6.07) is 2.08. The Balaban J connectivity index is 2.64. The maximum atomic E-state index is 8.79. The number of H-pyrrole nitrogens is 1. The summed E-state index contributed by atoms with van der Waals surface area (Å²) in [5.74, 6) is 0.641. The van der Waals surface area contributed by atoms with Crippen molar-refractivity contribution in [2.75, 3.05) is 0 Å². The molecule has 0 fully saturated rings.